The summed E-state index contributed by atoms with van der Waals surface area (Å²) in [6, 6.07) is 7.60. The number of nitrogens with zero attached hydrogens (tertiary/aromatic N) is 5. The van der Waals surface area contributed by atoms with Crippen molar-refractivity contribution in [2.75, 3.05) is 31.1 Å². The summed E-state index contributed by atoms with van der Waals surface area (Å²) in [6.45, 7) is 3.54. The van der Waals surface area contributed by atoms with E-state index in [2.05, 4.69) is 9.88 Å². The number of non-ortho nitro benzene ring substituents is 2. The van der Waals surface area contributed by atoms with Gasteiger partial charge in [-0.25, -0.2) is 0 Å². The number of halogens is 3. The minimum Gasteiger partial charge on any atom is -0.348 e. The number of nitro benzene ring substituents is 2. The van der Waals surface area contributed by atoms with Crippen LogP contribution in [0.1, 0.15) is 30.4 Å². The molecular weight excluding hydrogens is 527 g/mol. The Bertz CT molecular complexity index is 1470. The number of likely N-dealkylation sites (tertiary alicyclic amines) is 1. The number of anilines is 1. The predicted molar refractivity (Wildman–Crippen MR) is 134 cm³/mol. The van der Waals surface area contributed by atoms with Crippen LogP contribution in [0.15, 0.2) is 41.2 Å². The summed E-state index contributed by atoms with van der Waals surface area (Å²) in [4.78, 5) is 41.9. The molecule has 2 aliphatic heterocycles. The highest BCUT2D eigenvalue weighted by atomic mass is 32.1. The van der Waals surface area contributed by atoms with Gasteiger partial charge in [-0.15, -0.1) is 0 Å². The number of rotatable bonds is 5. The maximum atomic E-state index is 13.2. The van der Waals surface area contributed by atoms with Gasteiger partial charge in [-0.3, -0.25) is 29.9 Å². The molecule has 10 nitrogen and oxygen atoms in total. The van der Waals surface area contributed by atoms with Crippen LogP contribution in [0.3, 0.4) is 0 Å². The van der Waals surface area contributed by atoms with Gasteiger partial charge in [0.15, 0.2) is 5.13 Å². The van der Waals surface area contributed by atoms with E-state index in [9.17, 15) is 38.2 Å². The first-order valence-electron chi connectivity index (χ1n) is 11.9. The number of benzene rings is 2. The Morgan fingerprint density at radius 3 is 2.26 bits per heavy atom. The van der Waals surface area contributed by atoms with Crippen LogP contribution in [0.4, 0.5) is 29.7 Å². The molecule has 0 bridgehead atoms. The minimum atomic E-state index is -4.83. The normalized spacial score (nSPS) is 17.8. The molecule has 14 heteroatoms. The fraction of sp³-hybridized carbons (Fsp3) is 0.417. The monoisotopic (exact) mass is 549 g/mol. The van der Waals surface area contributed by atoms with Crippen molar-refractivity contribution < 1.29 is 23.0 Å². The molecule has 1 aromatic heterocycles. The van der Waals surface area contributed by atoms with Crippen LogP contribution in [-0.2, 0) is 12.7 Å². The Balaban J connectivity index is 1.30. The SMILES string of the molecule is O=c1nc(N2CCC3(CCN(Cc4ccc([N+](=O)[O-])cc4)C3)CC2)sc2c([N+](=O)[O-])cc(C(F)(F)F)cc12. The van der Waals surface area contributed by atoms with Gasteiger partial charge in [0.25, 0.3) is 16.9 Å². The van der Waals surface area contributed by atoms with E-state index >= 15 is 0 Å². The summed E-state index contributed by atoms with van der Waals surface area (Å²) >= 11 is 0.866. The van der Waals surface area contributed by atoms with E-state index in [-0.39, 0.29) is 20.9 Å². The summed E-state index contributed by atoms with van der Waals surface area (Å²) in [5.74, 6) is 0. The third kappa shape index (κ3) is 5.05. The lowest BCUT2D eigenvalue weighted by Crippen LogP contribution is -2.42. The first-order valence-corrected chi connectivity index (χ1v) is 12.7. The van der Waals surface area contributed by atoms with Crippen molar-refractivity contribution >= 4 is 37.9 Å². The van der Waals surface area contributed by atoms with Gasteiger partial charge in [-0.05, 0) is 42.9 Å². The summed E-state index contributed by atoms with van der Waals surface area (Å²) in [5.41, 5.74) is -1.83. The first-order chi connectivity index (χ1) is 17.9. The van der Waals surface area contributed by atoms with Gasteiger partial charge in [-0.2, -0.15) is 18.2 Å². The van der Waals surface area contributed by atoms with Crippen LogP contribution in [0, 0.1) is 25.6 Å². The van der Waals surface area contributed by atoms with Crippen molar-refractivity contribution in [2.24, 2.45) is 5.41 Å². The molecule has 0 saturated carbocycles. The van der Waals surface area contributed by atoms with Crippen molar-refractivity contribution in [2.45, 2.75) is 32.0 Å². The topological polar surface area (TPSA) is 123 Å². The standard InChI is InChI=1S/C24H22F3N5O5S/c25-24(26,27)16-11-18-20(19(12-16)32(36)37)38-22(28-21(18)33)30-9-6-23(7-10-30)5-8-29(14-23)13-15-1-3-17(4-2-15)31(34)35/h1-4,11-12H,5-10,13-14H2. The highest BCUT2D eigenvalue weighted by molar-refractivity contribution is 7.22. The molecule has 0 aliphatic carbocycles. The Labute approximate surface area is 217 Å². The third-order valence-electron chi connectivity index (χ3n) is 7.38. The van der Waals surface area contributed by atoms with E-state index in [0.29, 0.717) is 31.8 Å². The molecule has 0 unspecified atom stereocenters. The average Bonchev–Trinajstić information content (AvgIpc) is 3.25. The van der Waals surface area contributed by atoms with Crippen LogP contribution in [0.2, 0.25) is 0 Å². The molecule has 5 rings (SSSR count). The Hall–Kier alpha value is -3.65. The van der Waals surface area contributed by atoms with Crippen LogP contribution in [-0.4, -0.2) is 45.9 Å². The molecule has 0 radical (unpaired) electrons. The molecule has 200 valence electrons. The van der Waals surface area contributed by atoms with Crippen molar-refractivity contribution in [1.29, 1.82) is 0 Å². The van der Waals surface area contributed by atoms with E-state index in [1.165, 1.54) is 12.1 Å². The summed E-state index contributed by atoms with van der Waals surface area (Å²) < 4.78 is 39.6. The van der Waals surface area contributed by atoms with Crippen molar-refractivity contribution in [3.63, 3.8) is 0 Å². The van der Waals surface area contributed by atoms with Gasteiger partial charge in [0.1, 0.15) is 4.70 Å². The lowest BCUT2D eigenvalue weighted by atomic mass is 9.78. The number of aromatic nitrogens is 1. The van der Waals surface area contributed by atoms with E-state index in [0.717, 1.165) is 49.3 Å². The zero-order chi connectivity index (χ0) is 27.2. The van der Waals surface area contributed by atoms with Crippen molar-refractivity contribution in [3.05, 3.63) is 78.1 Å². The van der Waals surface area contributed by atoms with Gasteiger partial charge < -0.3 is 4.90 Å². The van der Waals surface area contributed by atoms with Crippen molar-refractivity contribution in [3.8, 4) is 0 Å². The second-order valence-corrected chi connectivity index (χ2v) is 10.8. The quantitative estimate of drug-likeness (QED) is 0.322. The van der Waals surface area contributed by atoms with Gasteiger partial charge in [0, 0.05) is 44.4 Å². The molecule has 0 N–H and O–H groups in total. The molecule has 1 spiro atoms. The number of hydrogen-bond acceptors (Lipinski definition) is 9. The molecule has 2 saturated heterocycles. The average molecular weight is 550 g/mol. The fourth-order valence-corrected chi connectivity index (χ4v) is 6.42. The van der Waals surface area contributed by atoms with Crippen LogP contribution in [0.5, 0.6) is 0 Å². The highest BCUT2D eigenvalue weighted by Crippen LogP contribution is 2.43. The molecule has 0 atom stereocenters. The Morgan fingerprint density at radius 1 is 1.00 bits per heavy atom. The molecular formula is C24H22F3N5O5S. The largest absolute Gasteiger partial charge is 0.416 e. The molecule has 2 aromatic carbocycles. The maximum Gasteiger partial charge on any atom is 0.416 e. The van der Waals surface area contributed by atoms with E-state index in [1.54, 1.807) is 12.1 Å². The summed E-state index contributed by atoms with van der Waals surface area (Å²) in [5, 5.41) is 22.3. The fourth-order valence-electron chi connectivity index (χ4n) is 5.30. The van der Waals surface area contributed by atoms with Crippen LogP contribution >= 0.6 is 11.3 Å². The number of fused-ring (bicyclic) bond motifs is 1. The van der Waals surface area contributed by atoms with E-state index < -0.39 is 38.2 Å². The zero-order valence-electron chi connectivity index (χ0n) is 19.9. The Kier molecular flexibility index (Phi) is 6.55. The predicted octanol–water partition coefficient (Wildman–Crippen LogP) is 4.98. The molecule has 2 fully saturated rings. The summed E-state index contributed by atoms with van der Waals surface area (Å²) in [6.07, 6.45) is -2.25. The number of hydrogen-bond donors (Lipinski definition) is 0. The smallest absolute Gasteiger partial charge is 0.348 e. The maximum absolute atomic E-state index is 13.2. The van der Waals surface area contributed by atoms with Gasteiger partial charge >= 0.3 is 6.18 Å². The van der Waals surface area contributed by atoms with Crippen LogP contribution in [0.25, 0.3) is 10.1 Å². The minimum absolute atomic E-state index is 0.0507. The number of piperidine rings is 1. The van der Waals surface area contributed by atoms with Gasteiger partial charge in [0.05, 0.1) is 20.8 Å². The van der Waals surface area contributed by atoms with Gasteiger partial charge in [-0.1, -0.05) is 23.5 Å². The second kappa shape index (κ2) is 9.58. The second-order valence-electron chi connectivity index (χ2n) is 9.80. The molecule has 3 aromatic rings. The zero-order valence-corrected chi connectivity index (χ0v) is 20.8. The van der Waals surface area contributed by atoms with Crippen LogP contribution < -0.4 is 10.5 Å². The lowest BCUT2D eigenvalue weighted by Gasteiger charge is -2.39. The van der Waals surface area contributed by atoms with E-state index in [4.69, 9.17) is 0 Å². The van der Waals surface area contributed by atoms with E-state index in [1.807, 2.05) is 4.90 Å². The molecule has 2 aliphatic rings. The number of nitro groups is 2. The van der Waals surface area contributed by atoms with Crippen molar-refractivity contribution in [1.82, 2.24) is 9.88 Å². The first kappa shape index (κ1) is 26.0. The number of alkyl halides is 3. The molecule has 0 amide bonds. The van der Waals surface area contributed by atoms with Gasteiger partial charge in [0.2, 0.25) is 0 Å². The molecule has 38 heavy (non-hydrogen) atoms. The highest BCUT2D eigenvalue weighted by Gasteiger charge is 2.41. The molecule has 3 heterocycles. The Morgan fingerprint density at radius 2 is 1.66 bits per heavy atom. The lowest BCUT2D eigenvalue weighted by molar-refractivity contribution is -0.384. The third-order valence-corrected chi connectivity index (χ3v) is 8.54. The summed E-state index contributed by atoms with van der Waals surface area (Å²) in [7, 11) is 0.